The van der Waals surface area contributed by atoms with Crippen molar-refractivity contribution in [2.75, 3.05) is 16.8 Å². The summed E-state index contributed by atoms with van der Waals surface area (Å²) in [6.45, 7) is 4.76. The highest BCUT2D eigenvalue weighted by molar-refractivity contribution is 7.11. The molecule has 4 aromatic heterocycles. The van der Waals surface area contributed by atoms with Crippen LogP contribution in [-0.4, -0.2) is 47.6 Å². The van der Waals surface area contributed by atoms with E-state index in [-0.39, 0.29) is 5.78 Å². The lowest BCUT2D eigenvalue weighted by Crippen LogP contribution is -2.49. The molecule has 0 radical (unpaired) electrons. The lowest BCUT2D eigenvalue weighted by Gasteiger charge is -2.33. The second-order valence-electron chi connectivity index (χ2n) is 9.20. The molecule has 4 aromatic rings. The predicted octanol–water partition coefficient (Wildman–Crippen LogP) is 4.01. The molecule has 0 aromatic carbocycles. The van der Waals surface area contributed by atoms with Gasteiger partial charge in [-0.25, -0.2) is 9.50 Å². The molecule has 0 spiro atoms. The summed E-state index contributed by atoms with van der Waals surface area (Å²) in [6, 6.07) is 5.97. The van der Waals surface area contributed by atoms with E-state index in [2.05, 4.69) is 31.5 Å². The van der Waals surface area contributed by atoms with Crippen LogP contribution < -0.4 is 10.2 Å². The first-order valence-electron chi connectivity index (χ1n) is 11.4. The number of hydrogen-bond donors (Lipinski definition) is 2. The normalized spacial score (nSPS) is 20.6. The van der Waals surface area contributed by atoms with Crippen molar-refractivity contribution in [3.63, 3.8) is 0 Å². The number of rotatable bonds is 7. The van der Waals surface area contributed by atoms with Crippen LogP contribution in [0.5, 0.6) is 0 Å². The Kier molecular flexibility index (Phi) is 4.72. The molecule has 10 heteroatoms. The molecule has 33 heavy (non-hydrogen) atoms. The number of fused-ring (bicyclic) bond motifs is 1. The topological polar surface area (TPSA) is 104 Å². The van der Waals surface area contributed by atoms with Crippen molar-refractivity contribution in [1.82, 2.24) is 29.8 Å². The Labute approximate surface area is 195 Å². The first kappa shape index (κ1) is 20.3. The van der Waals surface area contributed by atoms with Crippen LogP contribution in [0.2, 0.25) is 0 Å². The van der Waals surface area contributed by atoms with E-state index in [1.165, 1.54) is 12.8 Å². The zero-order valence-electron chi connectivity index (χ0n) is 18.7. The van der Waals surface area contributed by atoms with E-state index in [4.69, 9.17) is 10.1 Å². The van der Waals surface area contributed by atoms with E-state index in [1.54, 1.807) is 11.3 Å². The molecule has 0 amide bonds. The van der Waals surface area contributed by atoms with Crippen LogP contribution >= 0.6 is 11.3 Å². The van der Waals surface area contributed by atoms with Crippen LogP contribution in [0.4, 0.5) is 17.6 Å². The first-order chi connectivity index (χ1) is 16.0. The quantitative estimate of drug-likeness (QED) is 0.428. The summed E-state index contributed by atoms with van der Waals surface area (Å²) >= 11 is 1.58. The highest BCUT2D eigenvalue weighted by Crippen LogP contribution is 2.40. The van der Waals surface area contributed by atoms with Crippen molar-refractivity contribution in [1.29, 1.82) is 0 Å². The summed E-state index contributed by atoms with van der Waals surface area (Å²) < 4.78 is 1.81. The maximum absolute atomic E-state index is 13.4. The number of Topliss-reactive ketones (excluding diaryl/α,β-unsaturated/α-hetero) is 1. The van der Waals surface area contributed by atoms with Crippen molar-refractivity contribution in [2.45, 2.75) is 57.4 Å². The second-order valence-corrected chi connectivity index (χ2v) is 10.5. The van der Waals surface area contributed by atoms with Gasteiger partial charge >= 0.3 is 0 Å². The van der Waals surface area contributed by atoms with Gasteiger partial charge in [-0.05, 0) is 51.7 Å². The van der Waals surface area contributed by atoms with Crippen molar-refractivity contribution < 1.29 is 4.79 Å². The van der Waals surface area contributed by atoms with Crippen molar-refractivity contribution in [2.24, 2.45) is 0 Å². The molecule has 1 saturated heterocycles. The Hall–Kier alpha value is -3.27. The highest BCUT2D eigenvalue weighted by Gasteiger charge is 2.44. The second kappa shape index (κ2) is 7.65. The van der Waals surface area contributed by atoms with Gasteiger partial charge in [0.15, 0.2) is 17.4 Å². The number of hydrogen-bond acceptors (Lipinski definition) is 8. The van der Waals surface area contributed by atoms with Gasteiger partial charge in [0, 0.05) is 41.5 Å². The molecule has 6 rings (SSSR count). The fraction of sp³-hybridized carbons (Fsp3) is 0.435. The summed E-state index contributed by atoms with van der Waals surface area (Å²) in [5, 5.41) is 16.5. The third-order valence-electron chi connectivity index (χ3n) is 6.71. The molecule has 0 unspecified atom stereocenters. The summed E-state index contributed by atoms with van der Waals surface area (Å²) in [5.74, 6) is 2.71. The van der Waals surface area contributed by atoms with E-state index >= 15 is 0 Å². The molecule has 1 atom stereocenters. The Morgan fingerprint density at radius 1 is 1.39 bits per heavy atom. The fourth-order valence-corrected chi connectivity index (χ4v) is 5.43. The number of carbonyl (C=O) groups excluding carboxylic acids is 1. The van der Waals surface area contributed by atoms with Gasteiger partial charge in [0.25, 0.3) is 0 Å². The number of aromatic amines is 1. The van der Waals surface area contributed by atoms with Crippen LogP contribution in [0.15, 0.2) is 30.6 Å². The maximum Gasteiger partial charge on any atom is 0.246 e. The number of thiazole rings is 1. The summed E-state index contributed by atoms with van der Waals surface area (Å²) in [4.78, 5) is 25.9. The largest absolute Gasteiger partial charge is 0.327 e. The number of H-pyrrole nitrogens is 1. The smallest absolute Gasteiger partial charge is 0.246 e. The average Bonchev–Trinajstić information content (AvgIpc) is 3.17. The molecule has 2 aliphatic rings. The lowest BCUT2D eigenvalue weighted by atomic mass is 9.91. The van der Waals surface area contributed by atoms with Gasteiger partial charge in [-0.15, -0.1) is 16.4 Å². The molecule has 9 nitrogen and oxygen atoms in total. The monoisotopic (exact) mass is 462 g/mol. The van der Waals surface area contributed by atoms with E-state index in [0.717, 1.165) is 46.3 Å². The van der Waals surface area contributed by atoms with Crippen molar-refractivity contribution in [3.05, 3.63) is 46.2 Å². The molecule has 5 heterocycles. The average molecular weight is 463 g/mol. The Morgan fingerprint density at radius 3 is 3.06 bits per heavy atom. The number of aromatic nitrogens is 6. The molecule has 170 valence electrons. The standard InChI is InChI=1S/C23H26N8OS/c1-14-13-24-20(33-14)12-18(32)23(2)8-4-9-30(23)22-26-21(17-5-3-10-31(17)29-22)25-19-11-16(27-28-19)15-6-7-15/h3,5,10-11,13,15H,4,6-9,12H2,1-2H3,(H2,25,26,27,28,29)/t23-/m0/s1. The molecule has 2 fully saturated rings. The van der Waals surface area contributed by atoms with Crippen molar-refractivity contribution in [3.8, 4) is 0 Å². The number of aryl methyl sites for hydroxylation is 1. The lowest BCUT2D eigenvalue weighted by molar-refractivity contribution is -0.122. The van der Waals surface area contributed by atoms with Gasteiger partial charge < -0.3 is 10.2 Å². The minimum Gasteiger partial charge on any atom is -0.327 e. The van der Waals surface area contributed by atoms with E-state index in [1.807, 2.05) is 42.9 Å². The number of nitrogens with one attached hydrogen (secondary N) is 2. The number of anilines is 3. The van der Waals surface area contributed by atoms with Gasteiger partial charge in [0.2, 0.25) is 5.95 Å². The van der Waals surface area contributed by atoms with Gasteiger partial charge in [0.1, 0.15) is 10.5 Å². The minimum atomic E-state index is -0.664. The molecular formula is C23H26N8OS. The number of nitrogens with zero attached hydrogens (tertiary/aromatic N) is 6. The molecule has 1 saturated carbocycles. The van der Waals surface area contributed by atoms with Gasteiger partial charge in [0.05, 0.1) is 12.0 Å². The zero-order chi connectivity index (χ0) is 22.6. The van der Waals surface area contributed by atoms with Crippen molar-refractivity contribution >= 4 is 40.2 Å². The third kappa shape index (κ3) is 3.68. The molecule has 0 bridgehead atoms. The predicted molar refractivity (Wildman–Crippen MR) is 127 cm³/mol. The Morgan fingerprint density at radius 2 is 2.27 bits per heavy atom. The Bertz CT molecular complexity index is 1340. The molecule has 2 N–H and O–H groups in total. The van der Waals surface area contributed by atoms with Crippen LogP contribution in [0, 0.1) is 6.92 Å². The van der Waals surface area contributed by atoms with Gasteiger partial charge in [-0.1, -0.05) is 0 Å². The minimum absolute atomic E-state index is 0.154. The van der Waals surface area contributed by atoms with Crippen LogP contribution in [-0.2, 0) is 11.2 Å². The number of ketones is 1. The highest BCUT2D eigenvalue weighted by atomic mass is 32.1. The van der Waals surface area contributed by atoms with Crippen LogP contribution in [0.3, 0.4) is 0 Å². The van der Waals surface area contributed by atoms with E-state index in [9.17, 15) is 4.79 Å². The SMILES string of the molecule is Cc1cnc(CC(=O)[C@]2(C)CCCN2c2nc(Nc3cc(C4CC4)[nH]n3)c3cccn3n2)s1. The van der Waals surface area contributed by atoms with E-state index in [0.29, 0.717) is 24.1 Å². The first-order valence-corrected chi connectivity index (χ1v) is 12.2. The summed E-state index contributed by atoms with van der Waals surface area (Å²) in [7, 11) is 0. The van der Waals surface area contributed by atoms with Gasteiger partial charge in [-0.2, -0.15) is 10.1 Å². The summed E-state index contributed by atoms with van der Waals surface area (Å²) in [5.41, 5.74) is 1.36. The van der Waals surface area contributed by atoms with Crippen LogP contribution in [0.25, 0.3) is 5.52 Å². The van der Waals surface area contributed by atoms with Gasteiger partial charge in [-0.3, -0.25) is 9.89 Å². The molecular weight excluding hydrogens is 436 g/mol. The Balaban J connectivity index is 1.32. The summed E-state index contributed by atoms with van der Waals surface area (Å²) in [6.07, 6.45) is 8.18. The van der Waals surface area contributed by atoms with E-state index < -0.39 is 5.54 Å². The maximum atomic E-state index is 13.4. The molecule has 1 aliphatic heterocycles. The number of carbonyl (C=O) groups is 1. The zero-order valence-corrected chi connectivity index (χ0v) is 19.5. The fourth-order valence-electron chi connectivity index (χ4n) is 4.64. The third-order valence-corrected chi connectivity index (χ3v) is 7.62. The van der Waals surface area contributed by atoms with Crippen LogP contribution in [0.1, 0.15) is 54.1 Å². The molecule has 1 aliphatic carbocycles.